The molecule has 0 unspecified atom stereocenters. The Kier molecular flexibility index (Phi) is 4.83. The standard InChI is InChI=1S/C23H19BrN4O3/c1-2-6-17-21-20(14-9-18-19(10-16(14)24)30-12-29-18)15(11-25)22(26)31-23(21)28(27-17)13-7-4-3-5-8-13/h3-5,7-10,20H,2,6,12,26H2,1H3/t20-/m1/s1. The molecule has 0 amide bonds. The second kappa shape index (κ2) is 7.67. The van der Waals surface area contributed by atoms with E-state index in [9.17, 15) is 5.26 Å². The lowest BCUT2D eigenvalue weighted by Crippen LogP contribution is -2.22. The van der Waals surface area contributed by atoms with E-state index in [0.717, 1.165) is 39.8 Å². The second-order valence-corrected chi connectivity index (χ2v) is 8.17. The highest BCUT2D eigenvalue weighted by Gasteiger charge is 2.38. The van der Waals surface area contributed by atoms with Crippen LogP contribution in [0.2, 0.25) is 0 Å². The summed E-state index contributed by atoms with van der Waals surface area (Å²) in [6, 6.07) is 15.8. The molecule has 5 rings (SSSR count). The number of halogens is 1. The number of benzene rings is 2. The fourth-order valence-corrected chi connectivity index (χ4v) is 4.59. The lowest BCUT2D eigenvalue weighted by molar-refractivity contribution is 0.174. The number of allylic oxidation sites excluding steroid dienone is 1. The maximum absolute atomic E-state index is 9.98. The van der Waals surface area contributed by atoms with Crippen LogP contribution in [0, 0.1) is 11.3 Å². The summed E-state index contributed by atoms with van der Waals surface area (Å²) in [4.78, 5) is 0. The Labute approximate surface area is 187 Å². The number of nitriles is 1. The molecule has 0 bridgehead atoms. The molecule has 0 saturated carbocycles. The predicted octanol–water partition coefficient (Wildman–Crippen LogP) is 4.53. The van der Waals surface area contributed by atoms with Gasteiger partial charge in [-0.05, 0) is 36.2 Å². The summed E-state index contributed by atoms with van der Waals surface area (Å²) in [6.07, 6.45) is 1.64. The van der Waals surface area contributed by atoms with Crippen LogP contribution in [0.5, 0.6) is 17.4 Å². The molecule has 1 aromatic heterocycles. The molecule has 2 N–H and O–H groups in total. The van der Waals surface area contributed by atoms with Crippen molar-refractivity contribution >= 4 is 15.9 Å². The van der Waals surface area contributed by atoms with E-state index < -0.39 is 5.92 Å². The molecule has 0 saturated heterocycles. The maximum Gasteiger partial charge on any atom is 0.231 e. The Bertz CT molecular complexity index is 1240. The number of rotatable bonds is 4. The first-order chi connectivity index (χ1) is 15.1. The van der Waals surface area contributed by atoms with Crippen LogP contribution < -0.4 is 19.9 Å². The normalized spacial score (nSPS) is 16.6. The minimum Gasteiger partial charge on any atom is -0.454 e. The fourth-order valence-electron chi connectivity index (χ4n) is 4.04. The molecule has 3 heterocycles. The van der Waals surface area contributed by atoms with Gasteiger partial charge in [-0.1, -0.05) is 47.5 Å². The summed E-state index contributed by atoms with van der Waals surface area (Å²) in [5.74, 6) is 1.45. The molecule has 2 aliphatic heterocycles. The van der Waals surface area contributed by atoms with Gasteiger partial charge in [0.05, 0.1) is 22.9 Å². The molecule has 2 aromatic carbocycles. The lowest BCUT2D eigenvalue weighted by Gasteiger charge is -2.26. The first-order valence-corrected chi connectivity index (χ1v) is 10.8. The first-order valence-electron chi connectivity index (χ1n) is 9.96. The maximum atomic E-state index is 9.98. The van der Waals surface area contributed by atoms with Crippen LogP contribution in [0.3, 0.4) is 0 Å². The highest BCUT2D eigenvalue weighted by Crippen LogP contribution is 2.49. The first kappa shape index (κ1) is 19.5. The molecule has 156 valence electrons. The van der Waals surface area contributed by atoms with E-state index in [1.807, 2.05) is 42.5 Å². The third-order valence-corrected chi connectivity index (χ3v) is 6.10. The van der Waals surface area contributed by atoms with Gasteiger partial charge in [-0.2, -0.15) is 10.4 Å². The van der Waals surface area contributed by atoms with Crippen molar-refractivity contribution in [3.05, 3.63) is 75.2 Å². The summed E-state index contributed by atoms with van der Waals surface area (Å²) in [5.41, 5.74) is 10.0. The molecular weight excluding hydrogens is 460 g/mol. The fraction of sp³-hybridized carbons (Fsp3) is 0.217. The van der Waals surface area contributed by atoms with Gasteiger partial charge in [-0.15, -0.1) is 0 Å². The Hall–Kier alpha value is -3.44. The second-order valence-electron chi connectivity index (χ2n) is 7.31. The van der Waals surface area contributed by atoms with Crippen molar-refractivity contribution < 1.29 is 14.2 Å². The Balaban J connectivity index is 1.77. The van der Waals surface area contributed by atoms with Crippen molar-refractivity contribution in [3.8, 4) is 29.1 Å². The van der Waals surface area contributed by atoms with E-state index in [4.69, 9.17) is 25.0 Å². The molecule has 3 aromatic rings. The molecular formula is C23H19BrN4O3. The average molecular weight is 479 g/mol. The molecule has 1 atom stereocenters. The van der Waals surface area contributed by atoms with Gasteiger partial charge in [0.25, 0.3) is 0 Å². The Morgan fingerprint density at radius 2 is 1.97 bits per heavy atom. The van der Waals surface area contributed by atoms with Crippen LogP contribution in [0.25, 0.3) is 5.69 Å². The molecule has 0 aliphatic carbocycles. The van der Waals surface area contributed by atoms with Crippen molar-refractivity contribution in [1.82, 2.24) is 9.78 Å². The lowest BCUT2D eigenvalue weighted by atomic mass is 9.83. The van der Waals surface area contributed by atoms with Gasteiger partial charge < -0.3 is 19.9 Å². The highest BCUT2D eigenvalue weighted by atomic mass is 79.9. The zero-order valence-electron chi connectivity index (χ0n) is 16.8. The zero-order valence-corrected chi connectivity index (χ0v) is 18.3. The quantitative estimate of drug-likeness (QED) is 0.591. The van der Waals surface area contributed by atoms with Gasteiger partial charge in [0, 0.05) is 4.47 Å². The van der Waals surface area contributed by atoms with Gasteiger partial charge >= 0.3 is 0 Å². The van der Waals surface area contributed by atoms with E-state index >= 15 is 0 Å². The van der Waals surface area contributed by atoms with Gasteiger partial charge in [0.1, 0.15) is 11.6 Å². The van der Waals surface area contributed by atoms with Gasteiger partial charge in [0.15, 0.2) is 11.5 Å². The monoisotopic (exact) mass is 478 g/mol. The van der Waals surface area contributed by atoms with E-state index in [-0.39, 0.29) is 12.7 Å². The SMILES string of the molecule is CCCc1nn(-c2ccccc2)c2c1[C@H](c1cc3c(cc1Br)OCO3)C(C#N)=C(N)O2. The molecule has 0 radical (unpaired) electrons. The van der Waals surface area contributed by atoms with Crippen LogP contribution in [-0.2, 0) is 6.42 Å². The van der Waals surface area contributed by atoms with Crippen molar-refractivity contribution in [2.75, 3.05) is 6.79 Å². The zero-order chi connectivity index (χ0) is 21.5. The minimum atomic E-state index is -0.448. The minimum absolute atomic E-state index is 0.0738. The number of fused-ring (bicyclic) bond motifs is 2. The number of hydrogen-bond donors (Lipinski definition) is 1. The van der Waals surface area contributed by atoms with Crippen molar-refractivity contribution in [2.24, 2.45) is 5.73 Å². The van der Waals surface area contributed by atoms with Crippen molar-refractivity contribution in [3.63, 3.8) is 0 Å². The van der Waals surface area contributed by atoms with Crippen molar-refractivity contribution in [2.45, 2.75) is 25.7 Å². The van der Waals surface area contributed by atoms with Gasteiger partial charge in [0.2, 0.25) is 18.6 Å². The van der Waals surface area contributed by atoms with Crippen LogP contribution >= 0.6 is 15.9 Å². The smallest absolute Gasteiger partial charge is 0.231 e. The highest BCUT2D eigenvalue weighted by molar-refractivity contribution is 9.10. The molecule has 2 aliphatic rings. The summed E-state index contributed by atoms with van der Waals surface area (Å²) >= 11 is 3.65. The van der Waals surface area contributed by atoms with E-state index in [1.165, 1.54) is 0 Å². The molecule has 0 fully saturated rings. The van der Waals surface area contributed by atoms with Crippen LogP contribution in [-0.4, -0.2) is 16.6 Å². The van der Waals surface area contributed by atoms with E-state index in [0.29, 0.717) is 23.0 Å². The third kappa shape index (κ3) is 3.13. The number of hydrogen-bond acceptors (Lipinski definition) is 6. The number of nitrogens with zero attached hydrogens (tertiary/aromatic N) is 3. The van der Waals surface area contributed by atoms with Crippen molar-refractivity contribution in [1.29, 1.82) is 5.26 Å². The average Bonchev–Trinajstić information content (AvgIpc) is 3.37. The predicted molar refractivity (Wildman–Crippen MR) is 117 cm³/mol. The summed E-state index contributed by atoms with van der Waals surface area (Å²) in [6.45, 7) is 2.26. The van der Waals surface area contributed by atoms with Crippen LogP contribution in [0.1, 0.15) is 36.1 Å². The Morgan fingerprint density at radius 3 is 2.68 bits per heavy atom. The summed E-state index contributed by atoms with van der Waals surface area (Å²) in [5, 5.41) is 14.8. The van der Waals surface area contributed by atoms with Crippen LogP contribution in [0.15, 0.2) is 58.4 Å². The van der Waals surface area contributed by atoms with Gasteiger partial charge in [-0.3, -0.25) is 0 Å². The van der Waals surface area contributed by atoms with Gasteiger partial charge in [-0.25, -0.2) is 4.68 Å². The largest absolute Gasteiger partial charge is 0.454 e. The number of ether oxygens (including phenoxy) is 3. The molecule has 7 nitrogen and oxygen atoms in total. The number of nitrogens with two attached hydrogens (primary N) is 1. The topological polar surface area (TPSA) is 95.3 Å². The summed E-state index contributed by atoms with van der Waals surface area (Å²) in [7, 11) is 0. The molecule has 8 heteroatoms. The van der Waals surface area contributed by atoms with Crippen LogP contribution in [0.4, 0.5) is 0 Å². The number of para-hydroxylation sites is 1. The van der Waals surface area contributed by atoms with E-state index in [2.05, 4.69) is 28.9 Å². The molecule has 0 spiro atoms. The third-order valence-electron chi connectivity index (χ3n) is 5.41. The number of aromatic nitrogens is 2. The van der Waals surface area contributed by atoms with E-state index in [1.54, 1.807) is 4.68 Å². The summed E-state index contributed by atoms with van der Waals surface area (Å²) < 4.78 is 19.6. The number of aryl methyl sites for hydroxylation is 1. The molecule has 31 heavy (non-hydrogen) atoms. The Morgan fingerprint density at radius 1 is 1.23 bits per heavy atom.